The molecule has 0 heterocycles. The van der Waals surface area contributed by atoms with Gasteiger partial charge in [-0.1, -0.05) is 13.8 Å². The van der Waals surface area contributed by atoms with E-state index in [0.717, 1.165) is 0 Å². The Hall–Kier alpha value is 1.06. The zero-order valence-corrected chi connectivity index (χ0v) is 8.60. The summed E-state index contributed by atoms with van der Waals surface area (Å²) in [7, 11) is -0.599. The molecule has 0 aromatic carbocycles. The van der Waals surface area contributed by atoms with Crippen molar-refractivity contribution in [3.8, 4) is 0 Å². The Labute approximate surface area is 75.1 Å². The minimum atomic E-state index is -0.599. The molecule has 0 amide bonds. The Kier molecular flexibility index (Phi) is 11.9. The molecule has 1 unspecified atom stereocenters. The van der Waals surface area contributed by atoms with Gasteiger partial charge in [0.05, 0.1) is 0 Å². The summed E-state index contributed by atoms with van der Waals surface area (Å²) in [5.41, 5.74) is 0. The summed E-state index contributed by atoms with van der Waals surface area (Å²) in [4.78, 5) is 0. The van der Waals surface area contributed by atoms with Crippen molar-refractivity contribution in [2.45, 2.75) is 13.8 Å². The molecule has 0 fully saturated rings. The molecule has 0 aliphatic carbocycles. The van der Waals surface area contributed by atoms with Crippen LogP contribution in [0.3, 0.4) is 0 Å². The smallest absolute Gasteiger partial charge is 1.00 e. The Morgan fingerprint density at radius 1 is 1.75 bits per heavy atom. The van der Waals surface area contributed by atoms with Crippen LogP contribution in [0.25, 0.3) is 0 Å². The summed E-state index contributed by atoms with van der Waals surface area (Å²) in [6, 6.07) is 0. The predicted octanol–water partition coefficient (Wildman–Crippen LogP) is -1.29. The first-order valence-corrected chi connectivity index (χ1v) is 3.08. The van der Waals surface area contributed by atoms with Gasteiger partial charge in [0.2, 0.25) is 0 Å². The predicted molar refractivity (Wildman–Crippen MR) is 30.9 cm³/mol. The summed E-state index contributed by atoms with van der Waals surface area (Å²) < 4.78 is 14.2. The van der Waals surface area contributed by atoms with Gasteiger partial charge in [-0.2, -0.15) is 0 Å². The summed E-state index contributed by atoms with van der Waals surface area (Å²) in [6.07, 6.45) is 0. The maximum Gasteiger partial charge on any atom is 1.00 e. The molecule has 0 aliphatic rings. The van der Waals surface area contributed by atoms with Gasteiger partial charge in [-0.3, -0.25) is 0 Å². The van der Waals surface area contributed by atoms with Crippen molar-refractivity contribution >= 4 is 8.69 Å². The van der Waals surface area contributed by atoms with Gasteiger partial charge >= 0.3 is 38.2 Å². The van der Waals surface area contributed by atoms with Crippen LogP contribution >= 0.6 is 8.69 Å². The normalized spacial score (nSPS) is 9.38. The van der Waals surface area contributed by atoms with E-state index >= 15 is 0 Å². The van der Waals surface area contributed by atoms with Gasteiger partial charge in [0.15, 0.2) is 0 Å². The van der Waals surface area contributed by atoms with E-state index in [1.807, 2.05) is 13.8 Å². The van der Waals surface area contributed by atoms with Gasteiger partial charge in [0.1, 0.15) is 6.61 Å². The van der Waals surface area contributed by atoms with E-state index in [2.05, 4.69) is 4.52 Å². The molecule has 8 heavy (non-hydrogen) atoms. The van der Waals surface area contributed by atoms with Crippen molar-refractivity contribution in [3.63, 3.8) is 0 Å². The van der Waals surface area contributed by atoms with Gasteiger partial charge < -0.3 is 1.43 Å². The van der Waals surface area contributed by atoms with Crippen LogP contribution in [-0.2, 0) is 9.09 Å². The van der Waals surface area contributed by atoms with E-state index in [4.69, 9.17) is 0 Å². The second-order valence-corrected chi connectivity index (χ2v) is 2.24. The first kappa shape index (κ1) is 11.8. The molecule has 0 aromatic rings. The zero-order chi connectivity index (χ0) is 5.70. The summed E-state index contributed by atoms with van der Waals surface area (Å²) >= 11 is 0. The Balaban J connectivity index is -0.000000180. The molecule has 0 N–H and O–H groups in total. The molecule has 0 radical (unpaired) electrons. The van der Waals surface area contributed by atoms with Crippen molar-refractivity contribution in [1.82, 2.24) is 0 Å². The first-order valence-electron chi connectivity index (χ1n) is 2.26. The van der Waals surface area contributed by atoms with Crippen molar-refractivity contribution in [3.05, 3.63) is 0 Å². The number of hydrogen-bond acceptors (Lipinski definition) is 2. The Morgan fingerprint density at radius 2 is 2.25 bits per heavy atom. The molecule has 2 nitrogen and oxygen atoms in total. The molecule has 0 saturated heterocycles. The van der Waals surface area contributed by atoms with Crippen LogP contribution in [0.1, 0.15) is 15.3 Å². The van der Waals surface area contributed by atoms with Crippen LogP contribution in [0.4, 0.5) is 0 Å². The van der Waals surface area contributed by atoms with Crippen molar-refractivity contribution in [2.75, 3.05) is 6.61 Å². The monoisotopic (exact) mass is 145 g/mol. The minimum absolute atomic E-state index is 0. The molecule has 4 heteroatoms. The molecule has 0 spiro atoms. The maximum atomic E-state index is 9.64. The van der Waals surface area contributed by atoms with Crippen LogP contribution in [0.15, 0.2) is 0 Å². The molecule has 0 aromatic heterocycles. The molecule has 1 atom stereocenters. The third-order valence-electron chi connectivity index (χ3n) is 0.476. The Bertz CT molecular complexity index is 62.5. The van der Waals surface area contributed by atoms with E-state index in [0.29, 0.717) is 12.5 Å². The first-order chi connectivity index (χ1) is 3.27. The molecule has 44 valence electrons. The van der Waals surface area contributed by atoms with Crippen LogP contribution in [0.2, 0.25) is 0 Å². The zero-order valence-electron chi connectivity index (χ0n) is 6.60. The standard InChI is InChI=1S/C4H10O2P.Na.H/c1-4(2)3-6-7-5;;/h4,7H,3H2,1-2H3;;/q2*+1;-1. The maximum absolute atomic E-state index is 9.64. The van der Waals surface area contributed by atoms with Crippen molar-refractivity contribution < 1.29 is 40.1 Å². The molecule has 0 rings (SSSR count). The third-order valence-corrected chi connectivity index (χ3v) is 0.760. The van der Waals surface area contributed by atoms with Crippen molar-refractivity contribution in [1.29, 1.82) is 0 Å². The average Bonchev–Trinajstić information content (AvgIpc) is 1.61. The summed E-state index contributed by atoms with van der Waals surface area (Å²) in [5, 5.41) is 0. The van der Waals surface area contributed by atoms with Gasteiger partial charge in [-0.15, -0.1) is 4.52 Å². The second kappa shape index (κ2) is 8.06. The Morgan fingerprint density at radius 3 is 2.38 bits per heavy atom. The van der Waals surface area contributed by atoms with E-state index in [1.165, 1.54) is 0 Å². The summed E-state index contributed by atoms with van der Waals surface area (Å²) in [6.45, 7) is 4.63. The van der Waals surface area contributed by atoms with Crippen LogP contribution < -0.4 is 29.6 Å². The molecular formula is C4H11NaO2P+. The topological polar surface area (TPSA) is 26.3 Å². The second-order valence-electron chi connectivity index (χ2n) is 1.79. The number of hydrogen-bond donors (Lipinski definition) is 0. The fourth-order valence-corrected chi connectivity index (χ4v) is 0.602. The van der Waals surface area contributed by atoms with E-state index < -0.39 is 8.69 Å². The number of rotatable bonds is 3. The largest absolute Gasteiger partial charge is 1.00 e. The van der Waals surface area contributed by atoms with Crippen LogP contribution in [0.5, 0.6) is 0 Å². The van der Waals surface area contributed by atoms with E-state index in [9.17, 15) is 4.57 Å². The minimum Gasteiger partial charge on any atom is -1.00 e. The fourth-order valence-electron chi connectivity index (χ4n) is 0.201. The van der Waals surface area contributed by atoms with Gasteiger partial charge in [-0.25, -0.2) is 0 Å². The fraction of sp³-hybridized carbons (Fsp3) is 1.00. The van der Waals surface area contributed by atoms with E-state index in [-0.39, 0.29) is 31.0 Å². The summed E-state index contributed by atoms with van der Waals surface area (Å²) in [5.74, 6) is 0.487. The van der Waals surface area contributed by atoms with Gasteiger partial charge in [0.25, 0.3) is 0 Å². The quantitative estimate of drug-likeness (QED) is 0.365. The molecule has 0 bridgehead atoms. The van der Waals surface area contributed by atoms with Gasteiger partial charge in [-0.05, 0) is 10.5 Å². The van der Waals surface area contributed by atoms with Crippen LogP contribution in [0, 0.1) is 5.92 Å². The molecule has 0 saturated carbocycles. The SMILES string of the molecule is CC(C)CO[PH+]=O.[H-].[Na+]. The molecular weight excluding hydrogens is 134 g/mol. The average molecular weight is 145 g/mol. The van der Waals surface area contributed by atoms with Gasteiger partial charge in [0, 0.05) is 0 Å². The third kappa shape index (κ3) is 10.1. The van der Waals surface area contributed by atoms with Crippen LogP contribution in [-0.4, -0.2) is 6.61 Å². The molecule has 0 aliphatic heterocycles. The van der Waals surface area contributed by atoms with E-state index in [1.54, 1.807) is 0 Å². The van der Waals surface area contributed by atoms with Crippen molar-refractivity contribution in [2.24, 2.45) is 5.92 Å².